The summed E-state index contributed by atoms with van der Waals surface area (Å²) in [6, 6.07) is 11.4. The van der Waals surface area contributed by atoms with Crippen LogP contribution >= 0.6 is 0 Å². The molecule has 3 rings (SSSR count). The Hall–Kier alpha value is -2.80. The van der Waals surface area contributed by atoms with Crippen LogP contribution in [0.4, 0.5) is 8.78 Å². The lowest BCUT2D eigenvalue weighted by Gasteiger charge is -2.34. The number of halogens is 2. The third-order valence-electron chi connectivity index (χ3n) is 4.58. The van der Waals surface area contributed by atoms with Gasteiger partial charge in [-0.2, -0.15) is 0 Å². The summed E-state index contributed by atoms with van der Waals surface area (Å²) in [5, 5.41) is 2.80. The van der Waals surface area contributed by atoms with E-state index in [1.807, 2.05) is 0 Å². The van der Waals surface area contributed by atoms with Crippen LogP contribution in [0.1, 0.15) is 20.7 Å². The molecule has 0 bridgehead atoms. The molecule has 0 atom stereocenters. The van der Waals surface area contributed by atoms with Crippen molar-refractivity contribution in [2.24, 2.45) is 0 Å². The van der Waals surface area contributed by atoms with Crippen LogP contribution < -0.4 is 5.32 Å². The van der Waals surface area contributed by atoms with Gasteiger partial charge in [0.15, 0.2) is 0 Å². The van der Waals surface area contributed by atoms with Crippen LogP contribution in [-0.2, 0) is 0 Å². The summed E-state index contributed by atoms with van der Waals surface area (Å²) in [6.07, 6.45) is 0. The van der Waals surface area contributed by atoms with Crippen molar-refractivity contribution in [2.45, 2.75) is 0 Å². The van der Waals surface area contributed by atoms with Crippen LogP contribution in [-0.4, -0.2) is 60.9 Å². The Labute approximate surface area is 156 Å². The number of piperazine rings is 1. The number of hydrogen-bond donors (Lipinski definition) is 1. The van der Waals surface area contributed by atoms with Crippen LogP contribution in [0.2, 0.25) is 0 Å². The van der Waals surface area contributed by atoms with E-state index < -0.39 is 5.82 Å². The van der Waals surface area contributed by atoms with E-state index in [9.17, 15) is 18.4 Å². The van der Waals surface area contributed by atoms with E-state index in [4.69, 9.17) is 0 Å². The quantitative estimate of drug-likeness (QED) is 0.874. The molecule has 1 aliphatic rings. The maximum atomic E-state index is 13.8. The molecular weight excluding hydrogens is 352 g/mol. The summed E-state index contributed by atoms with van der Waals surface area (Å²) >= 11 is 0. The van der Waals surface area contributed by atoms with E-state index in [1.165, 1.54) is 36.4 Å². The highest BCUT2D eigenvalue weighted by Gasteiger charge is 2.23. The van der Waals surface area contributed by atoms with Crippen molar-refractivity contribution in [3.05, 3.63) is 71.3 Å². The standard InChI is InChI=1S/C20H21F2N3O2/c21-16-7-5-15(6-8-16)19(26)23-9-10-24-11-13-25(14-12-24)20(27)17-3-1-2-4-18(17)22/h1-8H,9-14H2,(H,23,26). The lowest BCUT2D eigenvalue weighted by molar-refractivity contribution is 0.0633. The van der Waals surface area contributed by atoms with Crippen molar-refractivity contribution < 1.29 is 18.4 Å². The van der Waals surface area contributed by atoms with E-state index in [0.29, 0.717) is 44.8 Å². The zero-order chi connectivity index (χ0) is 19.2. The normalized spacial score (nSPS) is 14.8. The fourth-order valence-electron chi connectivity index (χ4n) is 3.01. The van der Waals surface area contributed by atoms with E-state index in [2.05, 4.69) is 10.2 Å². The van der Waals surface area contributed by atoms with Gasteiger partial charge in [-0.05, 0) is 36.4 Å². The fourth-order valence-corrected chi connectivity index (χ4v) is 3.01. The molecule has 2 aromatic rings. The molecule has 5 nitrogen and oxygen atoms in total. The van der Waals surface area contributed by atoms with Crippen molar-refractivity contribution >= 4 is 11.8 Å². The summed E-state index contributed by atoms with van der Waals surface area (Å²) in [5.74, 6) is -1.43. The van der Waals surface area contributed by atoms with Crippen LogP contribution in [0.3, 0.4) is 0 Å². The van der Waals surface area contributed by atoms with Crippen molar-refractivity contribution in [3.63, 3.8) is 0 Å². The molecule has 0 saturated carbocycles. The first-order valence-corrected chi connectivity index (χ1v) is 8.84. The number of carbonyl (C=O) groups is 2. The van der Waals surface area contributed by atoms with Gasteiger partial charge in [0.25, 0.3) is 11.8 Å². The molecule has 1 saturated heterocycles. The minimum Gasteiger partial charge on any atom is -0.351 e. The number of carbonyl (C=O) groups excluding carboxylic acids is 2. The van der Waals surface area contributed by atoms with Gasteiger partial charge in [-0.3, -0.25) is 14.5 Å². The summed E-state index contributed by atoms with van der Waals surface area (Å²) in [4.78, 5) is 28.2. The fraction of sp³-hybridized carbons (Fsp3) is 0.300. The minimum atomic E-state index is -0.506. The van der Waals surface area contributed by atoms with Gasteiger partial charge in [0.2, 0.25) is 0 Å². The van der Waals surface area contributed by atoms with Crippen molar-refractivity contribution in [1.82, 2.24) is 15.1 Å². The number of hydrogen-bond acceptors (Lipinski definition) is 3. The highest BCUT2D eigenvalue weighted by atomic mass is 19.1. The first kappa shape index (κ1) is 19.0. The maximum Gasteiger partial charge on any atom is 0.256 e. The number of benzene rings is 2. The Kier molecular flexibility index (Phi) is 6.13. The van der Waals surface area contributed by atoms with E-state index in [1.54, 1.807) is 17.0 Å². The van der Waals surface area contributed by atoms with E-state index >= 15 is 0 Å². The van der Waals surface area contributed by atoms with Gasteiger partial charge in [0, 0.05) is 44.8 Å². The monoisotopic (exact) mass is 373 g/mol. The highest BCUT2D eigenvalue weighted by molar-refractivity contribution is 5.94. The second-order valence-corrected chi connectivity index (χ2v) is 6.38. The van der Waals surface area contributed by atoms with Gasteiger partial charge in [-0.25, -0.2) is 8.78 Å². The molecule has 0 aliphatic carbocycles. The second-order valence-electron chi connectivity index (χ2n) is 6.38. The third-order valence-corrected chi connectivity index (χ3v) is 4.58. The van der Waals surface area contributed by atoms with Crippen LogP contribution in [0.5, 0.6) is 0 Å². The smallest absolute Gasteiger partial charge is 0.256 e. The Morgan fingerprint density at radius 1 is 0.926 bits per heavy atom. The maximum absolute atomic E-state index is 13.8. The molecule has 2 aromatic carbocycles. The lowest BCUT2D eigenvalue weighted by atomic mass is 10.1. The first-order valence-electron chi connectivity index (χ1n) is 8.84. The molecule has 0 spiro atoms. The molecule has 1 aliphatic heterocycles. The molecule has 0 radical (unpaired) electrons. The molecule has 1 fully saturated rings. The summed E-state index contributed by atoms with van der Waals surface area (Å²) < 4.78 is 26.6. The average Bonchev–Trinajstić information content (AvgIpc) is 2.69. The lowest BCUT2D eigenvalue weighted by Crippen LogP contribution is -2.50. The van der Waals surface area contributed by atoms with Crippen molar-refractivity contribution in [1.29, 1.82) is 0 Å². The van der Waals surface area contributed by atoms with Gasteiger partial charge in [0.05, 0.1) is 5.56 Å². The number of nitrogens with one attached hydrogen (secondary N) is 1. The average molecular weight is 373 g/mol. The van der Waals surface area contributed by atoms with Gasteiger partial charge >= 0.3 is 0 Å². The zero-order valence-corrected chi connectivity index (χ0v) is 14.8. The third kappa shape index (κ3) is 4.89. The molecule has 27 heavy (non-hydrogen) atoms. The predicted octanol–water partition coefficient (Wildman–Crippen LogP) is 2.15. The molecule has 0 unspecified atom stereocenters. The van der Waals surface area contributed by atoms with Crippen molar-refractivity contribution in [2.75, 3.05) is 39.3 Å². The Morgan fingerprint density at radius 2 is 1.59 bits per heavy atom. The van der Waals surface area contributed by atoms with Gasteiger partial charge in [-0.15, -0.1) is 0 Å². The summed E-state index contributed by atoms with van der Waals surface area (Å²) in [7, 11) is 0. The van der Waals surface area contributed by atoms with Crippen molar-refractivity contribution in [3.8, 4) is 0 Å². The van der Waals surface area contributed by atoms with Gasteiger partial charge in [0.1, 0.15) is 11.6 Å². The zero-order valence-electron chi connectivity index (χ0n) is 14.8. The molecule has 7 heteroatoms. The number of nitrogens with zero attached hydrogens (tertiary/aromatic N) is 2. The predicted molar refractivity (Wildman–Crippen MR) is 97.5 cm³/mol. The van der Waals surface area contributed by atoms with Crippen LogP contribution in [0.15, 0.2) is 48.5 Å². The van der Waals surface area contributed by atoms with Crippen LogP contribution in [0.25, 0.3) is 0 Å². The topological polar surface area (TPSA) is 52.7 Å². The van der Waals surface area contributed by atoms with Gasteiger partial charge < -0.3 is 10.2 Å². The van der Waals surface area contributed by atoms with E-state index in [-0.39, 0.29) is 23.2 Å². The highest BCUT2D eigenvalue weighted by Crippen LogP contribution is 2.12. The number of rotatable bonds is 5. The largest absolute Gasteiger partial charge is 0.351 e. The van der Waals surface area contributed by atoms with E-state index in [0.717, 1.165) is 0 Å². The molecular formula is C20H21F2N3O2. The molecule has 2 amide bonds. The number of amides is 2. The molecule has 142 valence electrons. The van der Waals surface area contributed by atoms with Crippen LogP contribution in [0, 0.1) is 11.6 Å². The summed E-state index contributed by atoms with van der Waals surface area (Å²) in [5.41, 5.74) is 0.509. The Balaban J connectivity index is 1.42. The second kappa shape index (κ2) is 8.73. The Morgan fingerprint density at radius 3 is 2.26 bits per heavy atom. The molecule has 0 aromatic heterocycles. The Bertz CT molecular complexity index is 803. The SMILES string of the molecule is O=C(NCCN1CCN(C(=O)c2ccccc2F)CC1)c1ccc(F)cc1. The minimum absolute atomic E-state index is 0.0949. The molecule has 1 N–H and O–H groups in total. The summed E-state index contributed by atoms with van der Waals surface area (Å²) in [6.45, 7) is 3.45. The first-order chi connectivity index (χ1) is 13.0. The van der Waals surface area contributed by atoms with Gasteiger partial charge in [-0.1, -0.05) is 12.1 Å². The molecule has 1 heterocycles.